The maximum absolute atomic E-state index is 12.8. The Morgan fingerprint density at radius 1 is 0.556 bits per heavy atom. The summed E-state index contributed by atoms with van der Waals surface area (Å²) in [4.78, 5) is 12.8. The van der Waals surface area contributed by atoms with E-state index in [-0.39, 0.29) is 17.1 Å². The monoisotopic (exact) mass is 616 g/mol. The van der Waals surface area contributed by atoms with Crippen LogP contribution in [0.1, 0.15) is 163 Å². The molecule has 0 radical (unpaired) electrons. The van der Waals surface area contributed by atoms with Crippen molar-refractivity contribution in [2.24, 2.45) is 0 Å². The predicted octanol–water partition coefficient (Wildman–Crippen LogP) is 10.3. The zero-order valence-corrected chi connectivity index (χ0v) is 25.6. The van der Waals surface area contributed by atoms with Crippen LogP contribution in [-0.4, -0.2) is 16.2 Å². The van der Waals surface area contributed by atoms with Crippen molar-refractivity contribution in [3.05, 3.63) is 22.3 Å². The number of hydrogen-bond donors (Lipinski definition) is 2. The first-order valence-corrected chi connectivity index (χ1v) is 15.8. The molecule has 0 aliphatic rings. The van der Waals surface area contributed by atoms with Crippen LogP contribution >= 0.6 is 23.0 Å². The SMILES string of the molecule is CCCCCCCCc1c(O)c(O)c(C(=O)OI)c(CCCCCCCC)c1CCCCCCCC. The molecule has 0 saturated heterocycles. The van der Waals surface area contributed by atoms with Crippen LogP contribution in [0.2, 0.25) is 0 Å². The molecule has 1 rings (SSSR count). The highest BCUT2D eigenvalue weighted by Gasteiger charge is 2.27. The van der Waals surface area contributed by atoms with Crippen molar-refractivity contribution in [3.8, 4) is 11.5 Å². The lowest BCUT2D eigenvalue weighted by Crippen LogP contribution is -2.11. The molecule has 0 atom stereocenters. The topological polar surface area (TPSA) is 66.8 Å². The van der Waals surface area contributed by atoms with Crippen LogP contribution in [0.15, 0.2) is 0 Å². The molecule has 0 saturated carbocycles. The summed E-state index contributed by atoms with van der Waals surface area (Å²) in [5.74, 6) is -0.946. The lowest BCUT2D eigenvalue weighted by molar-refractivity contribution is 0.0795. The van der Waals surface area contributed by atoms with E-state index in [0.29, 0.717) is 0 Å². The summed E-state index contributed by atoms with van der Waals surface area (Å²) in [6.07, 6.45) is 23.6. The normalized spacial score (nSPS) is 11.2. The highest BCUT2D eigenvalue weighted by Crippen LogP contribution is 2.41. The van der Waals surface area contributed by atoms with E-state index >= 15 is 0 Å². The van der Waals surface area contributed by atoms with E-state index in [1.807, 2.05) is 0 Å². The molecule has 0 unspecified atom stereocenters. The van der Waals surface area contributed by atoms with Crippen molar-refractivity contribution in [1.29, 1.82) is 0 Å². The summed E-state index contributed by atoms with van der Waals surface area (Å²) in [7, 11) is 0. The fourth-order valence-corrected chi connectivity index (χ4v) is 5.45. The summed E-state index contributed by atoms with van der Waals surface area (Å²) < 4.78 is 5.03. The fraction of sp³-hybridized carbons (Fsp3) is 0.774. The fourth-order valence-electron chi connectivity index (χ4n) is 5.23. The Labute approximate surface area is 235 Å². The largest absolute Gasteiger partial charge is 0.504 e. The molecule has 0 aliphatic carbocycles. The molecular weight excluding hydrogens is 563 g/mol. The maximum Gasteiger partial charge on any atom is 0.351 e. The van der Waals surface area contributed by atoms with Gasteiger partial charge < -0.3 is 13.3 Å². The van der Waals surface area contributed by atoms with Crippen molar-refractivity contribution < 1.29 is 18.1 Å². The van der Waals surface area contributed by atoms with Gasteiger partial charge in [0.2, 0.25) is 0 Å². The van der Waals surface area contributed by atoms with Gasteiger partial charge in [0.15, 0.2) is 34.5 Å². The Balaban J connectivity index is 3.17. The van der Waals surface area contributed by atoms with Gasteiger partial charge in [0.25, 0.3) is 0 Å². The first-order chi connectivity index (χ1) is 17.5. The van der Waals surface area contributed by atoms with E-state index in [4.69, 9.17) is 3.07 Å². The average Bonchev–Trinajstić information content (AvgIpc) is 2.88. The second-order valence-corrected chi connectivity index (χ2v) is 10.9. The van der Waals surface area contributed by atoms with Crippen LogP contribution in [0.3, 0.4) is 0 Å². The highest BCUT2D eigenvalue weighted by molar-refractivity contribution is 14.1. The third kappa shape index (κ3) is 12.0. The Morgan fingerprint density at radius 2 is 0.917 bits per heavy atom. The smallest absolute Gasteiger partial charge is 0.351 e. The van der Waals surface area contributed by atoms with Gasteiger partial charge in [-0.25, -0.2) is 4.79 Å². The molecule has 0 amide bonds. The molecule has 1 aromatic rings. The third-order valence-electron chi connectivity index (χ3n) is 7.39. The summed E-state index contributed by atoms with van der Waals surface area (Å²) in [5.41, 5.74) is 3.06. The number of phenolic OH excluding ortho intramolecular Hbond substituents is 2. The minimum Gasteiger partial charge on any atom is -0.504 e. The van der Waals surface area contributed by atoms with Crippen molar-refractivity contribution in [2.75, 3.05) is 0 Å². The second-order valence-electron chi connectivity index (χ2n) is 10.4. The number of halogens is 1. The Kier molecular flexibility index (Phi) is 19.3. The van der Waals surface area contributed by atoms with Crippen molar-refractivity contribution in [3.63, 3.8) is 0 Å². The minimum absolute atomic E-state index is 0.104. The van der Waals surface area contributed by atoms with E-state index in [0.717, 1.165) is 74.5 Å². The van der Waals surface area contributed by atoms with Crippen LogP contribution in [0.25, 0.3) is 0 Å². The van der Waals surface area contributed by atoms with Gasteiger partial charge in [-0.1, -0.05) is 117 Å². The predicted molar refractivity (Wildman–Crippen MR) is 160 cm³/mol. The summed E-state index contributed by atoms with van der Waals surface area (Å²) in [6, 6.07) is 0. The number of benzene rings is 1. The van der Waals surface area contributed by atoms with Gasteiger partial charge in [0.05, 0.1) is 0 Å². The maximum atomic E-state index is 12.8. The summed E-state index contributed by atoms with van der Waals surface area (Å²) >= 11 is 1.59. The van der Waals surface area contributed by atoms with E-state index in [9.17, 15) is 15.0 Å². The molecule has 0 spiro atoms. The standard InChI is InChI=1S/C31H53IO4/c1-4-7-10-13-16-19-22-25-26(23-20-17-14-11-8-5-2)28(31(35)36-32)30(34)29(33)27(25)24-21-18-15-12-9-6-3/h33-34H,4-24H2,1-3H3. The molecule has 0 fully saturated rings. The van der Waals surface area contributed by atoms with Gasteiger partial charge in [-0.3, -0.25) is 0 Å². The molecule has 0 bridgehead atoms. The minimum atomic E-state index is -0.556. The van der Waals surface area contributed by atoms with Crippen LogP contribution in [-0.2, 0) is 22.3 Å². The van der Waals surface area contributed by atoms with E-state index in [1.54, 1.807) is 23.0 Å². The Hall–Kier alpha value is -0.980. The molecule has 0 heterocycles. The van der Waals surface area contributed by atoms with Crippen LogP contribution < -0.4 is 0 Å². The van der Waals surface area contributed by atoms with Crippen LogP contribution in [0.5, 0.6) is 11.5 Å². The molecule has 1 aromatic carbocycles. The number of aromatic hydroxyl groups is 2. The number of rotatable bonds is 22. The van der Waals surface area contributed by atoms with E-state index in [1.165, 1.54) is 77.0 Å². The average molecular weight is 617 g/mol. The van der Waals surface area contributed by atoms with Gasteiger partial charge >= 0.3 is 5.97 Å². The van der Waals surface area contributed by atoms with Crippen LogP contribution in [0, 0.1) is 0 Å². The van der Waals surface area contributed by atoms with E-state index < -0.39 is 5.97 Å². The number of carbonyl (C=O) groups is 1. The Morgan fingerprint density at radius 3 is 1.33 bits per heavy atom. The van der Waals surface area contributed by atoms with E-state index in [2.05, 4.69) is 20.8 Å². The number of carbonyl (C=O) groups excluding carboxylic acids is 1. The number of hydrogen-bond acceptors (Lipinski definition) is 4. The van der Waals surface area contributed by atoms with Gasteiger partial charge in [-0.05, 0) is 49.7 Å². The molecule has 0 aromatic heterocycles. The molecule has 208 valence electrons. The zero-order chi connectivity index (χ0) is 26.6. The van der Waals surface area contributed by atoms with Crippen LogP contribution in [0.4, 0.5) is 0 Å². The molecule has 2 N–H and O–H groups in total. The number of phenols is 2. The van der Waals surface area contributed by atoms with Gasteiger partial charge in [0.1, 0.15) is 5.56 Å². The summed E-state index contributed by atoms with van der Waals surface area (Å²) in [6.45, 7) is 6.68. The molecule has 0 aliphatic heterocycles. The Bertz CT molecular complexity index is 732. The highest BCUT2D eigenvalue weighted by atomic mass is 127. The lowest BCUT2D eigenvalue weighted by atomic mass is 9.85. The molecule has 36 heavy (non-hydrogen) atoms. The summed E-state index contributed by atoms with van der Waals surface area (Å²) in [5, 5.41) is 22.0. The van der Waals surface area contributed by atoms with Crippen molar-refractivity contribution >= 4 is 29.0 Å². The quantitative estimate of drug-likeness (QED) is 0.0773. The molecule has 5 heteroatoms. The van der Waals surface area contributed by atoms with Crippen molar-refractivity contribution in [1.82, 2.24) is 0 Å². The second kappa shape index (κ2) is 21.0. The third-order valence-corrected chi connectivity index (χ3v) is 7.79. The molecule has 4 nitrogen and oxygen atoms in total. The number of unbranched alkanes of at least 4 members (excludes halogenated alkanes) is 15. The van der Waals surface area contributed by atoms with Gasteiger partial charge in [0, 0.05) is 5.56 Å². The van der Waals surface area contributed by atoms with Gasteiger partial charge in [-0.2, -0.15) is 0 Å². The zero-order valence-electron chi connectivity index (χ0n) is 23.4. The first kappa shape index (κ1) is 33.0. The lowest BCUT2D eigenvalue weighted by Gasteiger charge is -2.21. The molecular formula is C31H53IO4. The van der Waals surface area contributed by atoms with Crippen molar-refractivity contribution in [2.45, 2.75) is 156 Å². The van der Waals surface area contributed by atoms with Gasteiger partial charge in [-0.15, -0.1) is 0 Å². The first-order valence-electron chi connectivity index (χ1n) is 14.9.